The number of thioether (sulfide) groups is 1. The minimum Gasteiger partial charge on any atom is -0.309 e. The zero-order chi connectivity index (χ0) is 17.3. The first-order valence-corrected chi connectivity index (χ1v) is 10.5. The number of rotatable bonds is 6. The normalized spacial score (nSPS) is 14.8. The Kier molecular flexibility index (Phi) is 5.67. The van der Waals surface area contributed by atoms with Gasteiger partial charge in [0.05, 0.1) is 5.39 Å². The number of hydrogen-bond acceptors (Lipinski definition) is 5. The largest absolute Gasteiger partial charge is 0.309 e. The van der Waals surface area contributed by atoms with Crippen LogP contribution in [0.2, 0.25) is 0 Å². The molecule has 2 aromatic heterocycles. The van der Waals surface area contributed by atoms with E-state index >= 15 is 0 Å². The Balaban J connectivity index is 2.07. The van der Waals surface area contributed by atoms with Crippen LogP contribution in [0.15, 0.2) is 9.95 Å². The molecule has 0 saturated carbocycles. The fourth-order valence-electron chi connectivity index (χ4n) is 3.26. The molecule has 0 spiro atoms. The zero-order valence-electron chi connectivity index (χ0n) is 15.1. The van der Waals surface area contributed by atoms with Gasteiger partial charge in [-0.15, -0.1) is 11.3 Å². The van der Waals surface area contributed by atoms with Gasteiger partial charge in [-0.3, -0.25) is 9.36 Å². The third kappa shape index (κ3) is 3.70. The van der Waals surface area contributed by atoms with Gasteiger partial charge in [-0.2, -0.15) is 0 Å². The molecule has 1 aliphatic rings. The Morgan fingerprint density at radius 2 is 2.04 bits per heavy atom. The summed E-state index contributed by atoms with van der Waals surface area (Å²) in [6.07, 6.45) is 5.56. The first-order valence-electron chi connectivity index (χ1n) is 8.84. The van der Waals surface area contributed by atoms with Crippen molar-refractivity contribution in [3.05, 3.63) is 20.8 Å². The summed E-state index contributed by atoms with van der Waals surface area (Å²) in [4.78, 5) is 22.7. The molecule has 0 unspecified atom stereocenters. The van der Waals surface area contributed by atoms with Gasteiger partial charge in [0.1, 0.15) is 4.83 Å². The smallest absolute Gasteiger partial charge is 0.263 e. The Labute approximate surface area is 152 Å². The SMILES string of the molecule is CC(C)Sc1nc2sc3c(c2c(=O)n1CCCN(C)C)CCCC3. The van der Waals surface area contributed by atoms with E-state index in [-0.39, 0.29) is 5.56 Å². The number of nitrogens with zero attached hydrogens (tertiary/aromatic N) is 3. The molecule has 0 atom stereocenters. The molecule has 4 nitrogen and oxygen atoms in total. The van der Waals surface area contributed by atoms with E-state index < -0.39 is 0 Å². The van der Waals surface area contributed by atoms with Crippen LogP contribution in [0.1, 0.15) is 43.6 Å². The predicted octanol–water partition coefficient (Wildman–Crippen LogP) is 3.79. The highest BCUT2D eigenvalue weighted by atomic mass is 32.2. The highest BCUT2D eigenvalue weighted by Gasteiger charge is 2.22. The van der Waals surface area contributed by atoms with Crippen molar-refractivity contribution in [2.24, 2.45) is 0 Å². The van der Waals surface area contributed by atoms with Crippen molar-refractivity contribution >= 4 is 33.3 Å². The van der Waals surface area contributed by atoms with E-state index in [0.717, 1.165) is 47.7 Å². The Morgan fingerprint density at radius 3 is 2.75 bits per heavy atom. The number of fused-ring (bicyclic) bond motifs is 3. The van der Waals surface area contributed by atoms with Gasteiger partial charge in [0.15, 0.2) is 5.16 Å². The van der Waals surface area contributed by atoms with Crippen LogP contribution in [-0.4, -0.2) is 40.3 Å². The summed E-state index contributed by atoms with van der Waals surface area (Å²) in [5, 5.41) is 2.22. The predicted molar refractivity (Wildman–Crippen MR) is 105 cm³/mol. The summed E-state index contributed by atoms with van der Waals surface area (Å²) in [5.74, 6) is 0. The third-order valence-electron chi connectivity index (χ3n) is 4.37. The van der Waals surface area contributed by atoms with Gasteiger partial charge in [-0.25, -0.2) is 4.98 Å². The van der Waals surface area contributed by atoms with Gasteiger partial charge in [-0.05, 0) is 58.3 Å². The van der Waals surface area contributed by atoms with Gasteiger partial charge in [0, 0.05) is 16.7 Å². The van der Waals surface area contributed by atoms with Crippen molar-refractivity contribution in [3.63, 3.8) is 0 Å². The maximum absolute atomic E-state index is 13.2. The second-order valence-electron chi connectivity index (χ2n) is 7.07. The summed E-state index contributed by atoms with van der Waals surface area (Å²) in [6, 6.07) is 0. The Hall–Kier alpha value is -0.850. The standard InChI is InChI=1S/C18H27N3OS2/c1-12(2)23-18-19-16-15(13-8-5-6-9-14(13)24-16)17(22)21(18)11-7-10-20(3)4/h12H,5-11H2,1-4H3. The fourth-order valence-corrected chi connectivity index (χ4v) is 5.44. The maximum Gasteiger partial charge on any atom is 0.263 e. The van der Waals surface area contributed by atoms with E-state index in [4.69, 9.17) is 4.98 Å². The molecule has 0 aliphatic heterocycles. The molecule has 0 amide bonds. The van der Waals surface area contributed by atoms with Crippen molar-refractivity contribution in [1.29, 1.82) is 0 Å². The molecule has 2 heterocycles. The van der Waals surface area contributed by atoms with Crippen molar-refractivity contribution in [3.8, 4) is 0 Å². The average Bonchev–Trinajstić information content (AvgIpc) is 2.87. The molecule has 0 bridgehead atoms. The second-order valence-corrected chi connectivity index (χ2v) is 9.69. The lowest BCUT2D eigenvalue weighted by atomic mass is 9.97. The lowest BCUT2D eigenvalue weighted by molar-refractivity contribution is 0.379. The molecule has 0 fully saturated rings. The fraction of sp³-hybridized carbons (Fsp3) is 0.667. The summed E-state index contributed by atoms with van der Waals surface area (Å²) >= 11 is 3.45. The van der Waals surface area contributed by atoms with Crippen LogP contribution >= 0.6 is 23.1 Å². The lowest BCUT2D eigenvalue weighted by Crippen LogP contribution is -2.26. The Bertz CT molecular complexity index is 777. The minimum absolute atomic E-state index is 0.182. The highest BCUT2D eigenvalue weighted by Crippen LogP contribution is 2.35. The van der Waals surface area contributed by atoms with Crippen LogP contribution in [0.25, 0.3) is 10.2 Å². The molecular weight excluding hydrogens is 338 g/mol. The van der Waals surface area contributed by atoms with Crippen molar-refractivity contribution in [2.45, 2.75) is 62.9 Å². The second kappa shape index (κ2) is 7.58. The van der Waals surface area contributed by atoms with E-state index in [2.05, 4.69) is 32.8 Å². The molecule has 1 aliphatic carbocycles. The minimum atomic E-state index is 0.182. The molecule has 132 valence electrons. The quantitative estimate of drug-likeness (QED) is 0.577. The maximum atomic E-state index is 13.2. The summed E-state index contributed by atoms with van der Waals surface area (Å²) in [5.41, 5.74) is 1.47. The monoisotopic (exact) mass is 365 g/mol. The molecule has 0 aromatic carbocycles. The van der Waals surface area contributed by atoms with Crippen LogP contribution in [0.5, 0.6) is 0 Å². The van der Waals surface area contributed by atoms with Gasteiger partial charge in [0.2, 0.25) is 0 Å². The van der Waals surface area contributed by atoms with E-state index in [1.54, 1.807) is 23.1 Å². The molecule has 6 heteroatoms. The first-order chi connectivity index (χ1) is 11.5. The zero-order valence-corrected chi connectivity index (χ0v) is 16.7. The van der Waals surface area contributed by atoms with Gasteiger partial charge in [0.25, 0.3) is 5.56 Å². The molecule has 24 heavy (non-hydrogen) atoms. The lowest BCUT2D eigenvalue weighted by Gasteiger charge is -2.15. The van der Waals surface area contributed by atoms with Gasteiger partial charge >= 0.3 is 0 Å². The van der Waals surface area contributed by atoms with Crippen molar-refractivity contribution in [1.82, 2.24) is 14.5 Å². The number of hydrogen-bond donors (Lipinski definition) is 0. The van der Waals surface area contributed by atoms with E-state index in [1.165, 1.54) is 23.3 Å². The number of thiophene rings is 1. The molecule has 3 rings (SSSR count). The summed E-state index contributed by atoms with van der Waals surface area (Å²) < 4.78 is 1.93. The van der Waals surface area contributed by atoms with E-state index in [0.29, 0.717) is 5.25 Å². The van der Waals surface area contributed by atoms with Gasteiger partial charge < -0.3 is 4.90 Å². The van der Waals surface area contributed by atoms with Crippen molar-refractivity contribution in [2.75, 3.05) is 20.6 Å². The molecule has 2 aromatic rings. The molecule has 0 radical (unpaired) electrons. The summed E-state index contributed by atoms with van der Waals surface area (Å²) in [7, 11) is 4.15. The van der Waals surface area contributed by atoms with E-state index in [9.17, 15) is 4.79 Å². The van der Waals surface area contributed by atoms with Crippen LogP contribution in [0.4, 0.5) is 0 Å². The number of aromatic nitrogens is 2. The Morgan fingerprint density at radius 1 is 1.29 bits per heavy atom. The third-order valence-corrected chi connectivity index (χ3v) is 6.55. The van der Waals surface area contributed by atoms with Crippen LogP contribution in [0.3, 0.4) is 0 Å². The van der Waals surface area contributed by atoms with Gasteiger partial charge in [-0.1, -0.05) is 25.6 Å². The van der Waals surface area contributed by atoms with Crippen LogP contribution in [-0.2, 0) is 19.4 Å². The molecule has 0 N–H and O–H groups in total. The molecule has 0 saturated heterocycles. The van der Waals surface area contributed by atoms with Crippen molar-refractivity contribution < 1.29 is 0 Å². The average molecular weight is 366 g/mol. The first kappa shape index (κ1) is 18.0. The molecular formula is C18H27N3OS2. The summed E-state index contributed by atoms with van der Waals surface area (Å²) in [6.45, 7) is 6.05. The van der Waals surface area contributed by atoms with Crippen LogP contribution < -0.4 is 5.56 Å². The van der Waals surface area contributed by atoms with E-state index in [1.807, 2.05) is 4.57 Å². The topological polar surface area (TPSA) is 38.1 Å². The van der Waals surface area contributed by atoms with Crippen LogP contribution in [0, 0.1) is 0 Å². The highest BCUT2D eigenvalue weighted by molar-refractivity contribution is 7.99. The number of aryl methyl sites for hydroxylation is 2.